The molecular weight excluding hydrogens is 252 g/mol. The van der Waals surface area contributed by atoms with E-state index in [-0.39, 0.29) is 5.91 Å². The van der Waals surface area contributed by atoms with Crippen LogP contribution in [0.25, 0.3) is 0 Å². The van der Waals surface area contributed by atoms with Crippen LogP contribution in [0.15, 0.2) is 12.1 Å². The monoisotopic (exact) mass is 276 g/mol. The first-order chi connectivity index (χ1) is 9.79. The minimum atomic E-state index is -0.120. The Bertz CT molecular complexity index is 412. The molecule has 1 aromatic rings. The average Bonchev–Trinajstić information content (AvgIpc) is 2.52. The highest BCUT2D eigenvalue weighted by Gasteiger charge is 2.15. The summed E-state index contributed by atoms with van der Waals surface area (Å²) < 4.78 is 0. The topological polar surface area (TPSA) is 66.9 Å². The van der Waals surface area contributed by atoms with Crippen LogP contribution < -0.4 is 10.6 Å². The molecule has 0 bridgehead atoms. The second-order valence-corrected chi connectivity index (χ2v) is 5.44. The number of hydrogen-bond acceptors (Lipinski definition) is 4. The van der Waals surface area contributed by atoms with Crippen LogP contribution in [-0.4, -0.2) is 29.2 Å². The molecule has 5 nitrogen and oxygen atoms in total. The van der Waals surface area contributed by atoms with Gasteiger partial charge in [0.25, 0.3) is 5.91 Å². The highest BCUT2D eigenvalue weighted by molar-refractivity contribution is 5.92. The van der Waals surface area contributed by atoms with Crippen LogP contribution in [0, 0.1) is 5.92 Å². The fourth-order valence-corrected chi connectivity index (χ4v) is 2.52. The predicted molar refractivity (Wildman–Crippen MR) is 79.7 cm³/mol. The molecule has 0 aromatic carbocycles. The second kappa shape index (κ2) is 7.82. The number of aromatic nitrogens is 2. The van der Waals surface area contributed by atoms with Crippen LogP contribution in [0.5, 0.6) is 0 Å². The van der Waals surface area contributed by atoms with Crippen molar-refractivity contribution in [1.82, 2.24) is 15.5 Å². The van der Waals surface area contributed by atoms with Gasteiger partial charge in [0.1, 0.15) is 5.82 Å². The Morgan fingerprint density at radius 2 is 2.05 bits per heavy atom. The molecule has 1 fully saturated rings. The molecule has 1 aliphatic carbocycles. The second-order valence-electron chi connectivity index (χ2n) is 5.44. The maximum atomic E-state index is 12.0. The number of nitrogens with zero attached hydrogens (tertiary/aromatic N) is 2. The number of carbonyl (C=O) groups excluding carboxylic acids is 1. The summed E-state index contributed by atoms with van der Waals surface area (Å²) in [5, 5.41) is 14.1. The third-order valence-corrected chi connectivity index (χ3v) is 3.73. The van der Waals surface area contributed by atoms with E-state index in [9.17, 15) is 4.79 Å². The van der Waals surface area contributed by atoms with E-state index in [1.165, 1.54) is 32.1 Å². The first kappa shape index (κ1) is 14.8. The largest absolute Gasteiger partial charge is 0.369 e. The first-order valence-electron chi connectivity index (χ1n) is 7.65. The Morgan fingerprint density at radius 1 is 1.25 bits per heavy atom. The summed E-state index contributed by atoms with van der Waals surface area (Å²) >= 11 is 0. The van der Waals surface area contributed by atoms with Crippen molar-refractivity contribution in [3.8, 4) is 0 Å². The van der Waals surface area contributed by atoms with Crippen LogP contribution in [0.4, 0.5) is 5.82 Å². The van der Waals surface area contributed by atoms with Crippen molar-refractivity contribution in [3.05, 3.63) is 17.8 Å². The molecule has 1 aromatic heterocycles. The molecule has 0 atom stereocenters. The summed E-state index contributed by atoms with van der Waals surface area (Å²) in [6.45, 7) is 3.71. The van der Waals surface area contributed by atoms with Crippen LogP contribution in [0.3, 0.4) is 0 Å². The van der Waals surface area contributed by atoms with Gasteiger partial charge in [0.05, 0.1) is 0 Å². The Kier molecular flexibility index (Phi) is 5.77. The molecule has 1 amide bonds. The molecule has 0 radical (unpaired) electrons. The number of rotatable bonds is 6. The lowest BCUT2D eigenvalue weighted by Crippen LogP contribution is -2.31. The molecule has 0 aliphatic heterocycles. The molecule has 1 saturated carbocycles. The van der Waals surface area contributed by atoms with Gasteiger partial charge in [-0.15, -0.1) is 10.2 Å². The van der Waals surface area contributed by atoms with E-state index in [0.717, 1.165) is 25.3 Å². The van der Waals surface area contributed by atoms with Gasteiger partial charge in [0.2, 0.25) is 0 Å². The van der Waals surface area contributed by atoms with E-state index in [1.54, 1.807) is 12.1 Å². The summed E-state index contributed by atoms with van der Waals surface area (Å²) in [5.41, 5.74) is 0.392. The lowest BCUT2D eigenvalue weighted by molar-refractivity contribution is 0.0937. The van der Waals surface area contributed by atoms with Crippen LogP contribution in [-0.2, 0) is 0 Å². The van der Waals surface area contributed by atoms with Crippen molar-refractivity contribution >= 4 is 11.7 Å². The molecule has 0 unspecified atom stereocenters. The van der Waals surface area contributed by atoms with Gasteiger partial charge in [-0.05, 0) is 37.3 Å². The number of anilines is 1. The minimum Gasteiger partial charge on any atom is -0.369 e. The van der Waals surface area contributed by atoms with Gasteiger partial charge in [-0.25, -0.2) is 0 Å². The van der Waals surface area contributed by atoms with Gasteiger partial charge in [-0.3, -0.25) is 4.79 Å². The normalized spacial score (nSPS) is 15.8. The zero-order valence-corrected chi connectivity index (χ0v) is 12.2. The van der Waals surface area contributed by atoms with Crippen molar-refractivity contribution < 1.29 is 4.79 Å². The summed E-state index contributed by atoms with van der Waals surface area (Å²) in [5.74, 6) is 1.23. The standard InChI is InChI=1S/C15H24N4O/c1-2-10-16-14-9-8-13(18-19-14)15(20)17-11-12-6-4-3-5-7-12/h8-9,12H,2-7,10-11H2,1H3,(H,16,19)(H,17,20). The zero-order valence-electron chi connectivity index (χ0n) is 12.2. The van der Waals surface area contributed by atoms with E-state index >= 15 is 0 Å². The Hall–Kier alpha value is -1.65. The molecule has 2 rings (SSSR count). The Balaban J connectivity index is 1.79. The van der Waals surface area contributed by atoms with E-state index in [1.807, 2.05) is 0 Å². The molecule has 20 heavy (non-hydrogen) atoms. The summed E-state index contributed by atoms with van der Waals surface area (Å²) in [4.78, 5) is 12.0. The van der Waals surface area contributed by atoms with Crippen LogP contribution in [0.1, 0.15) is 55.9 Å². The maximum absolute atomic E-state index is 12.0. The van der Waals surface area contributed by atoms with Gasteiger partial charge in [-0.1, -0.05) is 26.2 Å². The third kappa shape index (κ3) is 4.47. The summed E-state index contributed by atoms with van der Waals surface area (Å²) in [7, 11) is 0. The van der Waals surface area contributed by atoms with Gasteiger partial charge < -0.3 is 10.6 Å². The molecule has 110 valence electrons. The fraction of sp³-hybridized carbons (Fsp3) is 0.667. The quantitative estimate of drug-likeness (QED) is 0.838. The summed E-state index contributed by atoms with van der Waals surface area (Å²) in [6, 6.07) is 3.53. The Morgan fingerprint density at radius 3 is 2.70 bits per heavy atom. The summed E-state index contributed by atoms with van der Waals surface area (Å²) in [6.07, 6.45) is 7.40. The van der Waals surface area contributed by atoms with E-state index in [2.05, 4.69) is 27.8 Å². The lowest BCUT2D eigenvalue weighted by atomic mass is 9.89. The molecule has 0 spiro atoms. The molecule has 1 aliphatic rings. The highest BCUT2D eigenvalue weighted by atomic mass is 16.1. The van der Waals surface area contributed by atoms with Crippen molar-refractivity contribution in [3.63, 3.8) is 0 Å². The van der Waals surface area contributed by atoms with E-state index in [0.29, 0.717) is 11.6 Å². The van der Waals surface area contributed by atoms with Gasteiger partial charge in [-0.2, -0.15) is 0 Å². The smallest absolute Gasteiger partial charge is 0.271 e. The van der Waals surface area contributed by atoms with E-state index < -0.39 is 0 Å². The van der Waals surface area contributed by atoms with Crippen molar-refractivity contribution in [2.24, 2.45) is 5.92 Å². The van der Waals surface area contributed by atoms with Crippen LogP contribution in [0.2, 0.25) is 0 Å². The SMILES string of the molecule is CCCNc1ccc(C(=O)NCC2CCCCC2)nn1. The predicted octanol–water partition coefficient (Wildman–Crippen LogP) is 2.61. The van der Waals surface area contributed by atoms with E-state index in [4.69, 9.17) is 0 Å². The number of nitrogens with one attached hydrogen (secondary N) is 2. The number of amides is 1. The molecule has 1 heterocycles. The molecular formula is C15H24N4O. The third-order valence-electron chi connectivity index (χ3n) is 3.73. The fourth-order valence-electron chi connectivity index (χ4n) is 2.52. The lowest BCUT2D eigenvalue weighted by Gasteiger charge is -2.21. The minimum absolute atomic E-state index is 0.120. The zero-order chi connectivity index (χ0) is 14.2. The maximum Gasteiger partial charge on any atom is 0.271 e. The van der Waals surface area contributed by atoms with Gasteiger partial charge >= 0.3 is 0 Å². The van der Waals surface area contributed by atoms with Gasteiger partial charge in [0.15, 0.2) is 5.69 Å². The molecule has 5 heteroatoms. The van der Waals surface area contributed by atoms with Gasteiger partial charge in [0, 0.05) is 13.1 Å². The van der Waals surface area contributed by atoms with Crippen molar-refractivity contribution in [2.75, 3.05) is 18.4 Å². The first-order valence-corrected chi connectivity index (χ1v) is 7.65. The number of carbonyl (C=O) groups is 1. The Labute approximate surface area is 120 Å². The number of hydrogen-bond donors (Lipinski definition) is 2. The molecule has 2 N–H and O–H groups in total. The molecule has 0 saturated heterocycles. The van der Waals surface area contributed by atoms with Crippen LogP contribution >= 0.6 is 0 Å². The van der Waals surface area contributed by atoms with Crippen molar-refractivity contribution in [1.29, 1.82) is 0 Å². The average molecular weight is 276 g/mol. The van der Waals surface area contributed by atoms with Crippen molar-refractivity contribution in [2.45, 2.75) is 45.4 Å². The highest BCUT2D eigenvalue weighted by Crippen LogP contribution is 2.22.